The van der Waals surface area contributed by atoms with Crippen LogP contribution in [0.1, 0.15) is 5.56 Å². The molecular formula is C9H6F3N3O. The molecule has 2 aromatic heterocycles. The van der Waals surface area contributed by atoms with Crippen molar-refractivity contribution in [2.24, 2.45) is 0 Å². The Labute approximate surface area is 87.1 Å². The predicted octanol–water partition coefficient (Wildman–Crippen LogP) is 1.30. The number of rotatable bonds is 0. The molecule has 0 saturated heterocycles. The molecule has 0 bridgehead atoms. The number of hydrogen-bond acceptors (Lipinski definition) is 3. The minimum absolute atomic E-state index is 0.197. The molecule has 84 valence electrons. The fourth-order valence-corrected chi connectivity index (χ4v) is 1.34. The largest absolute Gasteiger partial charge is 0.419 e. The molecule has 2 rings (SSSR count). The summed E-state index contributed by atoms with van der Waals surface area (Å²) in [6.45, 7) is 0. The first-order chi connectivity index (χ1) is 7.41. The van der Waals surface area contributed by atoms with Crippen LogP contribution in [0, 0.1) is 0 Å². The van der Waals surface area contributed by atoms with E-state index in [1.165, 1.54) is 6.20 Å². The lowest BCUT2D eigenvalue weighted by Crippen LogP contribution is -2.20. The maximum atomic E-state index is 12.6. The van der Waals surface area contributed by atoms with Crippen molar-refractivity contribution in [3.8, 4) is 0 Å². The van der Waals surface area contributed by atoms with E-state index in [1.807, 2.05) is 0 Å². The lowest BCUT2D eigenvalue weighted by Gasteiger charge is -2.09. The van der Waals surface area contributed by atoms with Gasteiger partial charge in [-0.2, -0.15) is 13.2 Å². The van der Waals surface area contributed by atoms with Crippen molar-refractivity contribution >= 4 is 11.3 Å². The van der Waals surface area contributed by atoms with E-state index in [9.17, 15) is 18.0 Å². The van der Waals surface area contributed by atoms with Gasteiger partial charge in [-0.25, -0.2) is 4.98 Å². The third-order valence-electron chi connectivity index (χ3n) is 2.06. The van der Waals surface area contributed by atoms with E-state index < -0.39 is 22.9 Å². The first-order valence-corrected chi connectivity index (χ1v) is 4.24. The number of pyridine rings is 1. The van der Waals surface area contributed by atoms with E-state index in [2.05, 4.69) is 4.98 Å². The van der Waals surface area contributed by atoms with Gasteiger partial charge in [-0.15, -0.1) is 0 Å². The topological polar surface area (TPSA) is 60.4 Å². The van der Waals surface area contributed by atoms with Crippen LogP contribution in [-0.4, -0.2) is 9.38 Å². The van der Waals surface area contributed by atoms with Gasteiger partial charge in [0.1, 0.15) is 5.69 Å². The molecule has 0 spiro atoms. The molecular weight excluding hydrogens is 223 g/mol. The van der Waals surface area contributed by atoms with Gasteiger partial charge in [0.2, 0.25) is 0 Å². The van der Waals surface area contributed by atoms with Crippen molar-refractivity contribution in [1.82, 2.24) is 9.38 Å². The summed E-state index contributed by atoms with van der Waals surface area (Å²) in [6.07, 6.45) is -2.44. The van der Waals surface area contributed by atoms with Crippen molar-refractivity contribution in [3.63, 3.8) is 0 Å². The Morgan fingerprint density at radius 1 is 1.38 bits per heavy atom. The molecule has 2 aromatic rings. The molecule has 4 nitrogen and oxygen atoms in total. The number of halogens is 3. The highest BCUT2D eigenvalue weighted by Gasteiger charge is 2.33. The van der Waals surface area contributed by atoms with Gasteiger partial charge in [0.25, 0.3) is 5.56 Å². The van der Waals surface area contributed by atoms with E-state index >= 15 is 0 Å². The highest BCUT2D eigenvalue weighted by atomic mass is 19.4. The van der Waals surface area contributed by atoms with Crippen molar-refractivity contribution in [2.45, 2.75) is 6.18 Å². The highest BCUT2D eigenvalue weighted by molar-refractivity contribution is 5.51. The van der Waals surface area contributed by atoms with Crippen LogP contribution in [0.25, 0.3) is 5.65 Å². The number of hydrogen-bond donors (Lipinski definition) is 1. The summed E-state index contributed by atoms with van der Waals surface area (Å²) < 4.78 is 38.5. The monoisotopic (exact) mass is 229 g/mol. The zero-order chi connectivity index (χ0) is 11.9. The van der Waals surface area contributed by atoms with Crippen LogP contribution in [0.5, 0.6) is 0 Å². The van der Waals surface area contributed by atoms with Gasteiger partial charge in [0.15, 0.2) is 5.65 Å². The summed E-state index contributed by atoms with van der Waals surface area (Å²) in [4.78, 5) is 15.0. The molecule has 0 saturated carbocycles. The Bertz CT molecular complexity index is 603. The van der Waals surface area contributed by atoms with Gasteiger partial charge in [-0.05, 0) is 12.1 Å². The minimum atomic E-state index is -4.55. The van der Waals surface area contributed by atoms with Gasteiger partial charge in [-0.1, -0.05) is 0 Å². The third-order valence-corrected chi connectivity index (χ3v) is 2.06. The third kappa shape index (κ3) is 1.50. The van der Waals surface area contributed by atoms with E-state index in [1.54, 1.807) is 0 Å². The van der Waals surface area contributed by atoms with E-state index in [0.29, 0.717) is 0 Å². The number of aromatic nitrogens is 2. The van der Waals surface area contributed by atoms with E-state index in [4.69, 9.17) is 5.73 Å². The maximum Gasteiger partial charge on any atom is 0.419 e. The van der Waals surface area contributed by atoms with Gasteiger partial charge in [0, 0.05) is 6.20 Å². The molecule has 0 amide bonds. The van der Waals surface area contributed by atoms with Crippen LogP contribution < -0.4 is 11.3 Å². The smallest absolute Gasteiger partial charge is 0.393 e. The number of fused-ring (bicyclic) bond motifs is 1. The van der Waals surface area contributed by atoms with Crippen LogP contribution in [0.4, 0.5) is 18.9 Å². The van der Waals surface area contributed by atoms with E-state index in [-0.39, 0.29) is 5.69 Å². The van der Waals surface area contributed by atoms with Crippen molar-refractivity contribution in [1.29, 1.82) is 0 Å². The molecule has 16 heavy (non-hydrogen) atoms. The Kier molecular flexibility index (Phi) is 2.11. The van der Waals surface area contributed by atoms with Crippen LogP contribution >= 0.6 is 0 Å². The van der Waals surface area contributed by atoms with E-state index in [0.717, 1.165) is 22.7 Å². The first-order valence-electron chi connectivity index (χ1n) is 4.24. The Morgan fingerprint density at radius 2 is 2.06 bits per heavy atom. The van der Waals surface area contributed by atoms with Gasteiger partial charge < -0.3 is 5.73 Å². The fourth-order valence-electron chi connectivity index (χ4n) is 1.34. The Morgan fingerprint density at radius 3 is 2.69 bits per heavy atom. The summed E-state index contributed by atoms with van der Waals surface area (Å²) in [6, 6.07) is 1.98. The van der Waals surface area contributed by atoms with Gasteiger partial charge >= 0.3 is 6.18 Å². The second-order valence-electron chi connectivity index (χ2n) is 3.13. The Balaban J connectivity index is 2.91. The molecule has 0 aromatic carbocycles. The molecule has 2 heterocycles. The first kappa shape index (κ1) is 10.5. The quantitative estimate of drug-likeness (QED) is 0.740. The highest BCUT2D eigenvalue weighted by Crippen LogP contribution is 2.31. The zero-order valence-corrected chi connectivity index (χ0v) is 7.82. The van der Waals surface area contributed by atoms with Crippen LogP contribution in [-0.2, 0) is 6.18 Å². The number of alkyl halides is 3. The van der Waals surface area contributed by atoms with Gasteiger partial charge in [-0.3, -0.25) is 9.20 Å². The average molecular weight is 229 g/mol. The summed E-state index contributed by atoms with van der Waals surface area (Å²) in [7, 11) is 0. The molecule has 0 aliphatic carbocycles. The summed E-state index contributed by atoms with van der Waals surface area (Å²) in [5.41, 5.74) is 2.94. The lowest BCUT2D eigenvalue weighted by atomic mass is 10.2. The van der Waals surface area contributed by atoms with Crippen LogP contribution in [0.3, 0.4) is 0 Å². The fraction of sp³-hybridized carbons (Fsp3) is 0.111. The average Bonchev–Trinajstić information content (AvgIpc) is 2.21. The van der Waals surface area contributed by atoms with Crippen molar-refractivity contribution < 1.29 is 13.2 Å². The zero-order valence-electron chi connectivity index (χ0n) is 7.82. The second kappa shape index (κ2) is 3.22. The molecule has 0 aliphatic heterocycles. The summed E-state index contributed by atoms with van der Waals surface area (Å²) in [5.74, 6) is 0. The number of anilines is 1. The molecule has 0 unspecified atom stereocenters. The van der Waals surface area contributed by atoms with Crippen molar-refractivity contribution in [3.05, 3.63) is 40.4 Å². The molecule has 0 aliphatic rings. The molecule has 0 radical (unpaired) electrons. The Hall–Kier alpha value is -2.05. The number of nitrogens with two attached hydrogens (primary N) is 1. The predicted molar refractivity (Wildman–Crippen MR) is 50.9 cm³/mol. The summed E-state index contributed by atoms with van der Waals surface area (Å²) >= 11 is 0. The maximum absolute atomic E-state index is 12.6. The molecule has 0 atom stereocenters. The minimum Gasteiger partial charge on any atom is -0.393 e. The van der Waals surface area contributed by atoms with Gasteiger partial charge in [0.05, 0.1) is 11.8 Å². The summed E-state index contributed by atoms with van der Waals surface area (Å²) in [5, 5.41) is 0. The second-order valence-corrected chi connectivity index (χ2v) is 3.13. The van der Waals surface area contributed by atoms with Crippen molar-refractivity contribution in [2.75, 3.05) is 5.73 Å². The normalized spacial score (nSPS) is 11.9. The molecule has 7 heteroatoms. The standard InChI is InChI=1S/C9H6F3N3O/c10-9(11,12)5-2-1-3-15-7(5)14-4-6(13)8(15)16/h1-4H,13H2. The molecule has 0 fully saturated rings. The van der Waals surface area contributed by atoms with Crippen LogP contribution in [0.2, 0.25) is 0 Å². The molecule has 2 N–H and O–H groups in total. The lowest BCUT2D eigenvalue weighted by molar-refractivity contribution is -0.136. The van der Waals surface area contributed by atoms with Crippen LogP contribution in [0.15, 0.2) is 29.3 Å². The number of nitrogens with zero attached hydrogens (tertiary/aromatic N) is 2. The SMILES string of the molecule is Nc1cnc2c(C(F)(F)F)cccn2c1=O. The number of nitrogen functional groups attached to an aromatic ring is 1.